The summed E-state index contributed by atoms with van der Waals surface area (Å²) in [4.78, 5) is 15.8. The van der Waals surface area contributed by atoms with Crippen molar-refractivity contribution in [3.05, 3.63) is 65.5 Å². The fourth-order valence-corrected chi connectivity index (χ4v) is 2.02. The second-order valence-corrected chi connectivity index (χ2v) is 4.91. The number of aromatic nitrogens is 5. The van der Waals surface area contributed by atoms with Gasteiger partial charge in [0.25, 0.3) is 0 Å². The molecule has 2 heterocycles. The minimum Gasteiger partial charge on any atom is -0.504 e. The highest BCUT2D eigenvalue weighted by atomic mass is 16.3. The first-order chi connectivity index (χ1) is 11.1. The lowest BCUT2D eigenvalue weighted by Crippen LogP contribution is -1.98. The molecule has 5 N–H and O–H groups in total. The highest BCUT2D eigenvalue weighted by Gasteiger charge is 2.11. The standard InChI is InChI=1S/C15H14N6O2/c16-10-3-1-9(2-4-10)5-11-6-12(20-19-11)13(22)7-14(23)15-17-8-18-21-15/h1-4,6-8,23H,5,16H2,(H,19,20)(H,17,18,21). The zero-order chi connectivity index (χ0) is 16.2. The first-order valence-corrected chi connectivity index (χ1v) is 6.81. The summed E-state index contributed by atoms with van der Waals surface area (Å²) in [6.45, 7) is 0. The SMILES string of the molecule is Nc1ccc(Cc2cc(C(=O)C=C(O)c3nc[nH]n3)[nH]n2)cc1. The topological polar surface area (TPSA) is 134 Å². The molecule has 0 saturated carbocycles. The van der Waals surface area contributed by atoms with E-state index in [0.717, 1.165) is 11.6 Å². The zero-order valence-corrected chi connectivity index (χ0v) is 12.0. The van der Waals surface area contributed by atoms with Gasteiger partial charge in [-0.3, -0.25) is 15.0 Å². The number of carbonyl (C=O) groups is 1. The summed E-state index contributed by atoms with van der Waals surface area (Å²) in [6.07, 6.45) is 2.93. The van der Waals surface area contributed by atoms with Crippen LogP contribution < -0.4 is 5.73 Å². The van der Waals surface area contributed by atoms with Crippen LogP contribution in [-0.4, -0.2) is 36.3 Å². The summed E-state index contributed by atoms with van der Waals surface area (Å²) in [5.41, 5.74) is 8.35. The lowest BCUT2D eigenvalue weighted by Gasteiger charge is -1.98. The Morgan fingerprint density at radius 3 is 2.74 bits per heavy atom. The number of benzene rings is 1. The lowest BCUT2D eigenvalue weighted by atomic mass is 10.1. The maximum atomic E-state index is 12.1. The van der Waals surface area contributed by atoms with Crippen molar-refractivity contribution in [2.24, 2.45) is 0 Å². The van der Waals surface area contributed by atoms with Gasteiger partial charge in [-0.2, -0.15) is 10.2 Å². The third-order valence-corrected chi connectivity index (χ3v) is 3.17. The number of H-pyrrole nitrogens is 2. The van der Waals surface area contributed by atoms with Crippen molar-refractivity contribution in [3.63, 3.8) is 0 Å². The molecule has 1 aromatic carbocycles. The van der Waals surface area contributed by atoms with E-state index in [2.05, 4.69) is 25.4 Å². The molecule has 0 bridgehead atoms. The van der Waals surface area contributed by atoms with Crippen LogP contribution in [0.25, 0.3) is 5.76 Å². The van der Waals surface area contributed by atoms with Gasteiger partial charge in [0.1, 0.15) is 12.0 Å². The molecule has 2 aromatic heterocycles. The van der Waals surface area contributed by atoms with Gasteiger partial charge in [0.05, 0.1) is 5.69 Å². The number of aromatic amines is 2. The van der Waals surface area contributed by atoms with Gasteiger partial charge in [-0.25, -0.2) is 4.98 Å². The van der Waals surface area contributed by atoms with Crippen molar-refractivity contribution in [1.29, 1.82) is 0 Å². The number of carbonyl (C=O) groups excluding carboxylic acids is 1. The molecule has 3 rings (SSSR count). The summed E-state index contributed by atoms with van der Waals surface area (Å²) in [5, 5.41) is 22.7. The van der Waals surface area contributed by atoms with Crippen LogP contribution in [0.15, 0.2) is 42.7 Å². The van der Waals surface area contributed by atoms with Crippen LogP contribution >= 0.6 is 0 Å². The Balaban J connectivity index is 1.72. The van der Waals surface area contributed by atoms with Crippen molar-refractivity contribution in [2.75, 3.05) is 5.73 Å². The van der Waals surface area contributed by atoms with Gasteiger partial charge in [-0.15, -0.1) is 0 Å². The van der Waals surface area contributed by atoms with Gasteiger partial charge in [-0.05, 0) is 23.8 Å². The molecule has 8 nitrogen and oxygen atoms in total. The van der Waals surface area contributed by atoms with Crippen molar-refractivity contribution in [2.45, 2.75) is 6.42 Å². The van der Waals surface area contributed by atoms with Gasteiger partial charge in [0.2, 0.25) is 11.6 Å². The number of allylic oxidation sites excluding steroid dienone is 1. The smallest absolute Gasteiger partial charge is 0.215 e. The molecular formula is C15H14N6O2. The molecule has 3 aromatic rings. The number of nitrogen functional groups attached to an aromatic ring is 1. The second-order valence-electron chi connectivity index (χ2n) is 4.91. The van der Waals surface area contributed by atoms with Crippen molar-refractivity contribution in [1.82, 2.24) is 25.4 Å². The fraction of sp³-hybridized carbons (Fsp3) is 0.0667. The third-order valence-electron chi connectivity index (χ3n) is 3.17. The van der Waals surface area contributed by atoms with Crippen LogP contribution in [0.4, 0.5) is 5.69 Å². The Morgan fingerprint density at radius 2 is 2.04 bits per heavy atom. The minimum absolute atomic E-state index is 0.0555. The predicted octanol–water partition coefficient (Wildman–Crippen LogP) is 1.48. The van der Waals surface area contributed by atoms with Crippen LogP contribution in [0, 0.1) is 0 Å². The molecule has 116 valence electrons. The second kappa shape index (κ2) is 6.14. The van der Waals surface area contributed by atoms with E-state index in [4.69, 9.17) is 5.73 Å². The Kier molecular flexibility index (Phi) is 3.88. The molecule has 0 amide bonds. The number of nitrogens with one attached hydrogen (secondary N) is 2. The normalized spacial score (nSPS) is 11.6. The Morgan fingerprint density at radius 1 is 1.26 bits per heavy atom. The number of ketones is 1. The minimum atomic E-state index is -0.414. The van der Waals surface area contributed by atoms with Crippen LogP contribution in [0.1, 0.15) is 27.6 Å². The molecule has 0 aliphatic carbocycles. The molecule has 0 atom stereocenters. The predicted molar refractivity (Wildman–Crippen MR) is 83.6 cm³/mol. The van der Waals surface area contributed by atoms with E-state index in [1.54, 1.807) is 6.07 Å². The van der Waals surface area contributed by atoms with E-state index in [1.807, 2.05) is 24.3 Å². The fourth-order valence-electron chi connectivity index (χ4n) is 2.02. The first kappa shape index (κ1) is 14.5. The number of aliphatic hydroxyl groups is 1. The number of aliphatic hydroxyl groups excluding tert-OH is 1. The van der Waals surface area contributed by atoms with E-state index >= 15 is 0 Å². The number of nitrogens with two attached hydrogens (primary N) is 1. The summed E-state index contributed by atoms with van der Waals surface area (Å²) >= 11 is 0. The van der Waals surface area contributed by atoms with E-state index < -0.39 is 5.78 Å². The Bertz CT molecular complexity index is 833. The van der Waals surface area contributed by atoms with Gasteiger partial charge in [0, 0.05) is 18.2 Å². The highest BCUT2D eigenvalue weighted by molar-refractivity contribution is 6.06. The maximum Gasteiger partial charge on any atom is 0.215 e. The summed E-state index contributed by atoms with van der Waals surface area (Å²) < 4.78 is 0. The largest absolute Gasteiger partial charge is 0.504 e. The molecule has 8 heteroatoms. The number of hydrogen-bond acceptors (Lipinski definition) is 6. The molecule has 0 aliphatic heterocycles. The lowest BCUT2D eigenvalue weighted by molar-refractivity contribution is 0.104. The van der Waals surface area contributed by atoms with Crippen molar-refractivity contribution in [3.8, 4) is 0 Å². The number of rotatable bonds is 5. The zero-order valence-electron chi connectivity index (χ0n) is 12.0. The van der Waals surface area contributed by atoms with E-state index in [1.165, 1.54) is 6.33 Å². The highest BCUT2D eigenvalue weighted by Crippen LogP contribution is 2.12. The molecule has 0 spiro atoms. The first-order valence-electron chi connectivity index (χ1n) is 6.81. The average molecular weight is 310 g/mol. The Hall–Kier alpha value is -3.42. The van der Waals surface area contributed by atoms with E-state index in [9.17, 15) is 9.90 Å². The van der Waals surface area contributed by atoms with Crippen molar-refractivity contribution >= 4 is 17.2 Å². The molecule has 0 radical (unpaired) electrons. The van der Waals surface area contributed by atoms with Crippen LogP contribution in [0.2, 0.25) is 0 Å². The number of anilines is 1. The maximum absolute atomic E-state index is 12.1. The Labute approximate surface area is 131 Å². The summed E-state index contributed by atoms with van der Waals surface area (Å²) in [7, 11) is 0. The molecule has 0 aliphatic rings. The molecule has 0 unspecified atom stereocenters. The third kappa shape index (κ3) is 3.43. The molecule has 23 heavy (non-hydrogen) atoms. The van der Waals surface area contributed by atoms with Gasteiger partial charge < -0.3 is 10.8 Å². The average Bonchev–Trinajstić information content (AvgIpc) is 3.21. The van der Waals surface area contributed by atoms with Crippen LogP contribution in [0.5, 0.6) is 0 Å². The van der Waals surface area contributed by atoms with E-state index in [0.29, 0.717) is 17.8 Å². The van der Waals surface area contributed by atoms with Gasteiger partial charge in [0.15, 0.2) is 5.76 Å². The number of hydrogen-bond donors (Lipinski definition) is 4. The summed E-state index contributed by atoms with van der Waals surface area (Å²) in [6, 6.07) is 9.07. The molecule has 0 fully saturated rings. The van der Waals surface area contributed by atoms with Crippen LogP contribution in [-0.2, 0) is 6.42 Å². The van der Waals surface area contributed by atoms with Gasteiger partial charge >= 0.3 is 0 Å². The molecule has 0 saturated heterocycles. The summed E-state index contributed by atoms with van der Waals surface area (Å²) in [5.74, 6) is -0.672. The molecular weight excluding hydrogens is 296 g/mol. The van der Waals surface area contributed by atoms with E-state index in [-0.39, 0.29) is 17.3 Å². The van der Waals surface area contributed by atoms with Crippen molar-refractivity contribution < 1.29 is 9.90 Å². The monoisotopic (exact) mass is 310 g/mol. The quantitative estimate of drug-likeness (QED) is 0.244. The van der Waals surface area contributed by atoms with Crippen LogP contribution in [0.3, 0.4) is 0 Å². The van der Waals surface area contributed by atoms with Gasteiger partial charge in [-0.1, -0.05) is 12.1 Å². The number of nitrogens with zero attached hydrogens (tertiary/aromatic N) is 3.